The fraction of sp³-hybridized carbons (Fsp3) is 0.0800. The Kier molecular flexibility index (Phi) is 4.94. The zero-order valence-corrected chi connectivity index (χ0v) is 17.9. The Morgan fingerprint density at radius 1 is 1.03 bits per heavy atom. The number of hydrogen-bond acceptors (Lipinski definition) is 5. The van der Waals surface area contributed by atoms with Gasteiger partial charge in [-0.05, 0) is 48.9 Å². The van der Waals surface area contributed by atoms with Crippen LogP contribution in [0.1, 0.15) is 43.6 Å². The van der Waals surface area contributed by atoms with E-state index in [4.69, 9.17) is 0 Å². The van der Waals surface area contributed by atoms with Crippen molar-refractivity contribution in [2.75, 3.05) is 4.90 Å². The van der Waals surface area contributed by atoms with Crippen molar-refractivity contribution in [1.29, 1.82) is 0 Å². The number of anilines is 1. The summed E-state index contributed by atoms with van der Waals surface area (Å²) in [6.07, 6.45) is 0. The number of aromatic carboxylic acids is 1. The van der Waals surface area contributed by atoms with Crippen molar-refractivity contribution < 1.29 is 19.6 Å². The van der Waals surface area contributed by atoms with Gasteiger partial charge < -0.3 is 5.11 Å². The number of nitrogens with zero attached hydrogens (tertiary/aromatic N) is 3. The number of carboxylic acids is 1. The first-order valence-electron chi connectivity index (χ1n) is 10.4. The number of aryl methyl sites for hydroxylation is 1. The summed E-state index contributed by atoms with van der Waals surface area (Å²) in [6, 6.07) is 19.2. The zero-order valence-electron chi connectivity index (χ0n) is 17.9. The van der Waals surface area contributed by atoms with Gasteiger partial charge in [-0.3, -0.25) is 24.9 Å². The second kappa shape index (κ2) is 7.96. The number of hydrogen-bond donors (Lipinski definition) is 2. The number of nitrogens with one attached hydrogen (secondary N) is 1. The van der Waals surface area contributed by atoms with Gasteiger partial charge in [0, 0.05) is 28.9 Å². The number of benzene rings is 3. The first-order chi connectivity index (χ1) is 16.3. The molecule has 34 heavy (non-hydrogen) atoms. The Hall–Kier alpha value is -4.79. The van der Waals surface area contributed by atoms with Gasteiger partial charge in [0.25, 0.3) is 11.6 Å². The summed E-state index contributed by atoms with van der Waals surface area (Å²) in [4.78, 5) is 37.0. The molecule has 5 rings (SSSR count). The highest BCUT2D eigenvalue weighted by Crippen LogP contribution is 2.45. The summed E-state index contributed by atoms with van der Waals surface area (Å²) in [5.41, 5.74) is 4.69. The predicted octanol–water partition coefficient (Wildman–Crippen LogP) is 4.74. The van der Waals surface area contributed by atoms with Crippen molar-refractivity contribution in [2.24, 2.45) is 0 Å². The van der Waals surface area contributed by atoms with Crippen molar-refractivity contribution in [1.82, 2.24) is 10.2 Å². The number of aromatic nitrogens is 2. The first-order valence-corrected chi connectivity index (χ1v) is 10.4. The van der Waals surface area contributed by atoms with Crippen molar-refractivity contribution in [3.63, 3.8) is 0 Å². The third kappa shape index (κ3) is 3.39. The van der Waals surface area contributed by atoms with Gasteiger partial charge in [0.1, 0.15) is 5.69 Å². The molecule has 0 radical (unpaired) electrons. The lowest BCUT2D eigenvalue weighted by Crippen LogP contribution is -2.29. The van der Waals surface area contributed by atoms with Crippen molar-refractivity contribution in [3.8, 4) is 11.3 Å². The highest BCUT2D eigenvalue weighted by molar-refractivity contribution is 6.11. The molecule has 2 heterocycles. The van der Waals surface area contributed by atoms with Crippen LogP contribution >= 0.6 is 0 Å². The summed E-state index contributed by atoms with van der Waals surface area (Å²) in [7, 11) is 0. The lowest BCUT2D eigenvalue weighted by Gasteiger charge is -2.26. The molecule has 9 heteroatoms. The number of aromatic amines is 1. The molecular weight excluding hydrogens is 436 g/mol. The van der Waals surface area contributed by atoms with E-state index >= 15 is 0 Å². The molecule has 2 N–H and O–H groups in total. The van der Waals surface area contributed by atoms with Crippen LogP contribution in [0.15, 0.2) is 72.8 Å². The minimum absolute atomic E-state index is 0.0587. The van der Waals surface area contributed by atoms with Gasteiger partial charge >= 0.3 is 5.97 Å². The Labute approximate surface area is 193 Å². The van der Waals surface area contributed by atoms with E-state index in [0.29, 0.717) is 28.2 Å². The van der Waals surface area contributed by atoms with Crippen LogP contribution in [0.2, 0.25) is 0 Å². The number of non-ortho nitro benzene ring substituents is 1. The van der Waals surface area contributed by atoms with Crippen LogP contribution < -0.4 is 4.90 Å². The molecule has 9 nitrogen and oxygen atoms in total. The van der Waals surface area contributed by atoms with Crippen LogP contribution in [0.4, 0.5) is 11.4 Å². The molecule has 0 bridgehead atoms. The Morgan fingerprint density at radius 2 is 1.68 bits per heavy atom. The van der Waals surface area contributed by atoms with E-state index in [1.54, 1.807) is 29.2 Å². The third-order valence-corrected chi connectivity index (χ3v) is 5.91. The topological polar surface area (TPSA) is 129 Å². The molecule has 1 aliphatic heterocycles. The summed E-state index contributed by atoms with van der Waals surface area (Å²) in [5.74, 6) is -1.39. The number of fused-ring (bicyclic) bond motifs is 1. The number of nitro groups is 1. The van der Waals surface area contributed by atoms with Gasteiger partial charge in [-0.2, -0.15) is 5.10 Å². The third-order valence-electron chi connectivity index (χ3n) is 5.91. The quantitative estimate of drug-likeness (QED) is 0.331. The Bertz CT molecular complexity index is 1420. The standard InChI is InChI=1S/C25H18N4O5/c1-14-2-4-15(5-3-14)21-20-22(27-26-21)24(30)28(18-10-8-17(9-11-18)25(31)32)23(20)16-6-12-19(13-7-16)29(33)34/h2-13,23H,1H3,(H,26,27)(H,31,32)/t23-/m0/s1. The van der Waals surface area contributed by atoms with Gasteiger partial charge in [0.2, 0.25) is 0 Å². The highest BCUT2D eigenvalue weighted by atomic mass is 16.6. The number of H-pyrrole nitrogens is 1. The zero-order chi connectivity index (χ0) is 24.0. The average molecular weight is 454 g/mol. The molecule has 0 saturated carbocycles. The number of carboxylic acid groups (broad SMARTS) is 1. The van der Waals surface area contributed by atoms with E-state index in [-0.39, 0.29) is 17.2 Å². The van der Waals surface area contributed by atoms with Crippen molar-refractivity contribution in [3.05, 3.63) is 111 Å². The second-order valence-corrected chi connectivity index (χ2v) is 8.01. The molecule has 1 atom stereocenters. The van der Waals surface area contributed by atoms with Crippen LogP contribution in [-0.2, 0) is 0 Å². The number of carbonyl (C=O) groups is 2. The van der Waals surface area contributed by atoms with E-state index < -0.39 is 16.9 Å². The summed E-state index contributed by atoms with van der Waals surface area (Å²) < 4.78 is 0. The van der Waals surface area contributed by atoms with Crippen LogP contribution in [0.25, 0.3) is 11.3 Å². The van der Waals surface area contributed by atoms with E-state index in [2.05, 4.69) is 10.2 Å². The minimum Gasteiger partial charge on any atom is -0.478 e. The highest BCUT2D eigenvalue weighted by Gasteiger charge is 2.43. The van der Waals surface area contributed by atoms with Crippen LogP contribution in [0.5, 0.6) is 0 Å². The van der Waals surface area contributed by atoms with Crippen LogP contribution in [0.3, 0.4) is 0 Å². The van der Waals surface area contributed by atoms with Crippen molar-refractivity contribution in [2.45, 2.75) is 13.0 Å². The summed E-state index contributed by atoms with van der Waals surface area (Å²) in [5, 5.41) is 27.7. The normalized spacial score (nSPS) is 14.8. The number of nitro benzene ring substituents is 1. The van der Waals surface area contributed by atoms with Gasteiger partial charge in [-0.15, -0.1) is 0 Å². The molecule has 3 aromatic carbocycles. The Morgan fingerprint density at radius 3 is 2.26 bits per heavy atom. The smallest absolute Gasteiger partial charge is 0.335 e. The van der Waals surface area contributed by atoms with Crippen molar-refractivity contribution >= 4 is 23.3 Å². The van der Waals surface area contributed by atoms with E-state index in [0.717, 1.165) is 11.1 Å². The van der Waals surface area contributed by atoms with E-state index in [1.165, 1.54) is 24.3 Å². The van der Waals surface area contributed by atoms with Crippen LogP contribution in [0, 0.1) is 17.0 Å². The van der Waals surface area contributed by atoms with E-state index in [9.17, 15) is 24.8 Å². The van der Waals surface area contributed by atoms with Gasteiger partial charge in [0.15, 0.2) is 0 Å². The molecule has 0 aliphatic carbocycles. The second-order valence-electron chi connectivity index (χ2n) is 8.01. The van der Waals surface area contributed by atoms with Crippen LogP contribution in [-0.4, -0.2) is 32.1 Å². The molecule has 0 unspecified atom stereocenters. The fourth-order valence-electron chi connectivity index (χ4n) is 4.20. The molecule has 4 aromatic rings. The molecule has 1 aromatic heterocycles. The van der Waals surface area contributed by atoms with Gasteiger partial charge in [-0.25, -0.2) is 4.79 Å². The minimum atomic E-state index is -1.07. The monoisotopic (exact) mass is 454 g/mol. The largest absolute Gasteiger partial charge is 0.478 e. The first kappa shape index (κ1) is 21.1. The maximum absolute atomic E-state index is 13.5. The molecule has 168 valence electrons. The SMILES string of the molecule is Cc1ccc(-c2n[nH]c3c2[C@H](c2ccc([N+](=O)[O-])cc2)N(c2ccc(C(=O)O)cc2)C3=O)cc1. The molecule has 0 fully saturated rings. The van der Waals surface area contributed by atoms with Gasteiger partial charge in [0.05, 0.1) is 22.2 Å². The lowest BCUT2D eigenvalue weighted by atomic mass is 9.95. The number of rotatable bonds is 5. The Balaban J connectivity index is 1.68. The summed E-state index contributed by atoms with van der Waals surface area (Å²) in [6.45, 7) is 1.98. The average Bonchev–Trinajstić information content (AvgIpc) is 3.38. The van der Waals surface area contributed by atoms with E-state index in [1.807, 2.05) is 31.2 Å². The number of carbonyl (C=O) groups excluding carboxylic acids is 1. The lowest BCUT2D eigenvalue weighted by molar-refractivity contribution is -0.384. The fourth-order valence-corrected chi connectivity index (χ4v) is 4.20. The number of amides is 1. The molecule has 1 amide bonds. The molecule has 0 saturated heterocycles. The van der Waals surface area contributed by atoms with Gasteiger partial charge in [-0.1, -0.05) is 29.8 Å². The predicted molar refractivity (Wildman–Crippen MR) is 124 cm³/mol. The molecular formula is C25H18N4O5. The molecule has 1 aliphatic rings. The maximum Gasteiger partial charge on any atom is 0.335 e. The molecule has 0 spiro atoms. The summed E-state index contributed by atoms with van der Waals surface area (Å²) >= 11 is 0. The maximum atomic E-state index is 13.5.